The molecule has 0 unspecified atom stereocenters. The first-order valence-corrected chi connectivity index (χ1v) is 12.1. The number of ether oxygens (including phenoxy) is 3. The van der Waals surface area contributed by atoms with E-state index in [0.717, 1.165) is 35.9 Å². The number of alkyl halides is 3. The molecule has 6 rings (SSSR count). The molecule has 1 aliphatic carbocycles. The fourth-order valence-corrected chi connectivity index (χ4v) is 4.44. The summed E-state index contributed by atoms with van der Waals surface area (Å²) < 4.78 is 57.8. The van der Waals surface area contributed by atoms with E-state index in [1.807, 2.05) is 0 Å². The van der Waals surface area contributed by atoms with Gasteiger partial charge in [-0.1, -0.05) is 24.3 Å². The highest BCUT2D eigenvalue weighted by atomic mass is 19.4. The second-order valence-electron chi connectivity index (χ2n) is 9.20. The Hall–Kier alpha value is -4.22. The van der Waals surface area contributed by atoms with Crippen molar-refractivity contribution in [3.8, 4) is 40.4 Å². The first-order chi connectivity index (χ1) is 18.3. The molecule has 196 valence electrons. The minimum Gasteiger partial charge on any atom is -0.480 e. The van der Waals surface area contributed by atoms with Crippen LogP contribution < -0.4 is 14.2 Å². The van der Waals surface area contributed by atoms with Crippen LogP contribution in [-0.4, -0.2) is 43.2 Å². The average Bonchev–Trinajstić information content (AvgIpc) is 3.51. The van der Waals surface area contributed by atoms with Crippen LogP contribution in [0, 0.1) is 0 Å². The van der Waals surface area contributed by atoms with E-state index in [-0.39, 0.29) is 12.4 Å². The van der Waals surface area contributed by atoms with Gasteiger partial charge in [0, 0.05) is 31.1 Å². The number of aromatic nitrogens is 6. The van der Waals surface area contributed by atoms with Crippen molar-refractivity contribution in [2.24, 2.45) is 7.05 Å². The highest BCUT2D eigenvalue weighted by Crippen LogP contribution is 2.46. The number of nitrogens with zero attached hydrogens (tertiary/aromatic N) is 6. The van der Waals surface area contributed by atoms with Crippen molar-refractivity contribution in [2.45, 2.75) is 38.0 Å². The summed E-state index contributed by atoms with van der Waals surface area (Å²) in [4.78, 5) is 21.8. The highest BCUT2D eigenvalue weighted by Gasteiger charge is 2.35. The topological polar surface area (TPSA) is 97.1 Å². The molecule has 12 heteroatoms. The van der Waals surface area contributed by atoms with Crippen LogP contribution in [0.25, 0.3) is 22.8 Å². The van der Waals surface area contributed by atoms with Gasteiger partial charge in [-0.25, -0.2) is 15.0 Å². The maximum Gasteiger partial charge on any atom is 0.434 e. The molecule has 9 nitrogen and oxygen atoms in total. The summed E-state index contributed by atoms with van der Waals surface area (Å²) in [6.07, 6.45) is 0.633. The lowest BCUT2D eigenvalue weighted by Gasteiger charge is -2.14. The van der Waals surface area contributed by atoms with Gasteiger partial charge in [-0.3, -0.25) is 0 Å². The van der Waals surface area contributed by atoms with Crippen LogP contribution in [0.15, 0.2) is 36.8 Å². The van der Waals surface area contributed by atoms with Gasteiger partial charge in [0.25, 0.3) is 0 Å². The Morgan fingerprint density at radius 3 is 2.53 bits per heavy atom. The molecule has 0 saturated heterocycles. The lowest BCUT2D eigenvalue weighted by molar-refractivity contribution is -0.140. The number of aryl methyl sites for hydroxylation is 1. The maximum absolute atomic E-state index is 13.0. The van der Waals surface area contributed by atoms with Crippen LogP contribution in [0.3, 0.4) is 0 Å². The Kier molecular flexibility index (Phi) is 5.88. The molecule has 0 amide bonds. The summed E-state index contributed by atoms with van der Waals surface area (Å²) in [7, 11) is 3.08. The second-order valence-corrected chi connectivity index (χ2v) is 9.20. The van der Waals surface area contributed by atoms with Gasteiger partial charge in [0.05, 0.1) is 25.0 Å². The van der Waals surface area contributed by atoms with Gasteiger partial charge in [0.2, 0.25) is 17.6 Å². The molecule has 0 atom stereocenters. The second kappa shape index (κ2) is 9.26. The van der Waals surface area contributed by atoms with Crippen LogP contribution in [0.4, 0.5) is 13.2 Å². The summed E-state index contributed by atoms with van der Waals surface area (Å²) in [5, 5.41) is 0. The molecule has 0 spiro atoms. The Bertz CT molecular complexity index is 1500. The van der Waals surface area contributed by atoms with Crippen molar-refractivity contribution in [1.82, 2.24) is 29.5 Å². The van der Waals surface area contributed by atoms with Crippen molar-refractivity contribution >= 4 is 0 Å². The quantitative estimate of drug-likeness (QED) is 0.342. The molecule has 1 fully saturated rings. The molecule has 0 N–H and O–H groups in total. The zero-order valence-corrected chi connectivity index (χ0v) is 20.6. The number of imidazole rings is 1. The zero-order valence-electron chi connectivity index (χ0n) is 20.6. The number of hydrogen-bond acceptors (Lipinski definition) is 8. The van der Waals surface area contributed by atoms with Crippen molar-refractivity contribution in [3.05, 3.63) is 59.3 Å². The summed E-state index contributed by atoms with van der Waals surface area (Å²) in [6, 6.07) is 7.01. The van der Waals surface area contributed by atoms with E-state index in [2.05, 4.69) is 19.9 Å². The molecule has 38 heavy (non-hydrogen) atoms. The third-order valence-electron chi connectivity index (χ3n) is 6.50. The third kappa shape index (κ3) is 4.50. The van der Waals surface area contributed by atoms with Gasteiger partial charge < -0.3 is 18.8 Å². The minimum atomic E-state index is -4.50. The van der Waals surface area contributed by atoms with Crippen LogP contribution in [0.5, 0.6) is 17.6 Å². The van der Waals surface area contributed by atoms with E-state index in [1.165, 1.54) is 17.9 Å². The summed E-state index contributed by atoms with van der Waals surface area (Å²) in [5.41, 5.74) is 2.71. The standard InChI is InChI=1S/C26H23F3N6O3/c1-35-11-18(26(27,28)29)32-22(35)16-5-3-14(4-6-16)12-38-24-17-9-10-37-23(17)33-21(34-24)19-20(15-7-8-15)30-13-31-25(19)36-2/h3-6,11,13,15H,7-10,12H2,1-2H3. The van der Waals surface area contributed by atoms with Crippen LogP contribution in [-0.2, 0) is 26.3 Å². The summed E-state index contributed by atoms with van der Waals surface area (Å²) >= 11 is 0. The zero-order chi connectivity index (χ0) is 26.4. The molecule has 1 saturated carbocycles. The van der Waals surface area contributed by atoms with Crippen LogP contribution in [0.2, 0.25) is 0 Å². The van der Waals surface area contributed by atoms with Gasteiger partial charge in [-0.2, -0.15) is 23.1 Å². The Labute approximate surface area is 215 Å². The smallest absolute Gasteiger partial charge is 0.434 e. The first-order valence-electron chi connectivity index (χ1n) is 12.1. The van der Waals surface area contributed by atoms with Gasteiger partial charge in [-0.15, -0.1) is 0 Å². The fraction of sp³-hybridized carbons (Fsp3) is 0.346. The average molecular weight is 525 g/mol. The highest BCUT2D eigenvalue weighted by molar-refractivity contribution is 5.67. The molecule has 2 aliphatic rings. The molecule has 3 aromatic heterocycles. The Morgan fingerprint density at radius 1 is 1.05 bits per heavy atom. The minimum absolute atomic E-state index is 0.190. The van der Waals surface area contributed by atoms with Crippen molar-refractivity contribution in [1.29, 1.82) is 0 Å². The molecule has 0 radical (unpaired) electrons. The van der Waals surface area contributed by atoms with Crippen molar-refractivity contribution in [2.75, 3.05) is 13.7 Å². The van der Waals surface area contributed by atoms with E-state index in [0.29, 0.717) is 53.5 Å². The number of hydrogen-bond donors (Lipinski definition) is 0. The van der Waals surface area contributed by atoms with E-state index in [9.17, 15) is 13.2 Å². The van der Waals surface area contributed by atoms with Crippen LogP contribution >= 0.6 is 0 Å². The number of rotatable bonds is 7. The van der Waals surface area contributed by atoms with E-state index >= 15 is 0 Å². The predicted octanol–water partition coefficient (Wildman–Crippen LogP) is 4.75. The molecule has 4 heterocycles. The lowest BCUT2D eigenvalue weighted by Crippen LogP contribution is -2.06. The number of methoxy groups -OCH3 is 1. The first kappa shape index (κ1) is 24.1. The molecule has 0 bridgehead atoms. The van der Waals surface area contributed by atoms with Crippen molar-refractivity contribution in [3.63, 3.8) is 0 Å². The molecule has 1 aromatic carbocycles. The number of benzene rings is 1. The maximum atomic E-state index is 13.0. The Morgan fingerprint density at radius 2 is 1.84 bits per heavy atom. The predicted molar refractivity (Wildman–Crippen MR) is 129 cm³/mol. The lowest BCUT2D eigenvalue weighted by atomic mass is 10.1. The third-order valence-corrected chi connectivity index (χ3v) is 6.50. The fourth-order valence-electron chi connectivity index (χ4n) is 4.44. The van der Waals surface area contributed by atoms with Gasteiger partial charge >= 0.3 is 6.18 Å². The van der Waals surface area contributed by atoms with Gasteiger partial charge in [0.15, 0.2) is 11.5 Å². The van der Waals surface area contributed by atoms with Gasteiger partial charge in [-0.05, 0) is 18.4 Å². The van der Waals surface area contributed by atoms with E-state index in [4.69, 9.17) is 19.2 Å². The molecular weight excluding hydrogens is 501 g/mol. The van der Waals surface area contributed by atoms with Gasteiger partial charge in [0.1, 0.15) is 24.3 Å². The molecule has 4 aromatic rings. The van der Waals surface area contributed by atoms with Crippen molar-refractivity contribution < 1.29 is 27.4 Å². The van der Waals surface area contributed by atoms with Crippen LogP contribution in [0.1, 0.15) is 41.3 Å². The largest absolute Gasteiger partial charge is 0.480 e. The summed E-state index contributed by atoms with van der Waals surface area (Å²) in [6.45, 7) is 0.662. The summed E-state index contributed by atoms with van der Waals surface area (Å²) in [5.74, 6) is 2.18. The molecule has 1 aliphatic heterocycles. The SMILES string of the molecule is COc1ncnc(C2CC2)c1-c1nc2c(c(OCc3ccc(-c4nc(C(F)(F)F)cn4C)cc3)n1)CCO2. The number of halogens is 3. The monoisotopic (exact) mass is 524 g/mol. The Balaban J connectivity index is 1.27. The normalized spacial score (nSPS) is 14.8. The molecular formula is C26H23F3N6O3. The van der Waals surface area contributed by atoms with E-state index < -0.39 is 11.9 Å². The van der Waals surface area contributed by atoms with E-state index in [1.54, 1.807) is 31.4 Å². The number of fused-ring (bicyclic) bond motifs is 1.